The minimum atomic E-state index is 0.519. The largest absolute Gasteiger partial charge is 0.374 e. The Bertz CT molecular complexity index is 491. The summed E-state index contributed by atoms with van der Waals surface area (Å²) in [5.41, 5.74) is 7.91. The number of thioether (sulfide) groups is 1. The highest BCUT2D eigenvalue weighted by molar-refractivity contribution is 8.00. The molecule has 0 bridgehead atoms. The first kappa shape index (κ1) is 12.4. The maximum atomic E-state index is 5.54. The Balaban J connectivity index is 2.05. The second-order valence-electron chi connectivity index (χ2n) is 3.49. The van der Waals surface area contributed by atoms with Crippen molar-refractivity contribution in [3.05, 3.63) is 17.5 Å². The van der Waals surface area contributed by atoms with Gasteiger partial charge in [-0.3, -0.25) is 4.68 Å². The topological polar surface area (TPSA) is 69.6 Å². The third-order valence-corrected chi connectivity index (χ3v) is 4.26. The molecule has 17 heavy (non-hydrogen) atoms. The van der Waals surface area contributed by atoms with Gasteiger partial charge in [0, 0.05) is 18.0 Å². The molecular weight excluding hydrogens is 254 g/mol. The van der Waals surface area contributed by atoms with Crippen molar-refractivity contribution in [1.29, 1.82) is 0 Å². The predicted molar refractivity (Wildman–Crippen MR) is 71.2 cm³/mol. The summed E-state index contributed by atoms with van der Waals surface area (Å²) < 4.78 is 2.94. The standard InChI is InChI=1S/C10H15N5S2/c1-3-7-5-8(15(4-2)14-7)6-16-10-13-12-9(11)17-10/h5H,3-4,6H2,1-2H3,(H2,11,12). The van der Waals surface area contributed by atoms with Gasteiger partial charge in [-0.15, -0.1) is 10.2 Å². The Labute approximate surface area is 108 Å². The summed E-state index contributed by atoms with van der Waals surface area (Å²) in [6.07, 6.45) is 0.969. The van der Waals surface area contributed by atoms with Crippen molar-refractivity contribution in [2.45, 2.75) is 36.9 Å². The van der Waals surface area contributed by atoms with E-state index in [9.17, 15) is 0 Å². The van der Waals surface area contributed by atoms with Gasteiger partial charge in [-0.05, 0) is 19.4 Å². The minimum absolute atomic E-state index is 0.519. The van der Waals surface area contributed by atoms with Crippen molar-refractivity contribution < 1.29 is 0 Å². The maximum Gasteiger partial charge on any atom is 0.203 e. The molecule has 0 saturated heterocycles. The molecule has 2 N–H and O–H groups in total. The monoisotopic (exact) mass is 269 g/mol. The van der Waals surface area contributed by atoms with Gasteiger partial charge in [-0.2, -0.15) is 5.10 Å². The van der Waals surface area contributed by atoms with Crippen LogP contribution < -0.4 is 5.73 Å². The van der Waals surface area contributed by atoms with E-state index in [-0.39, 0.29) is 0 Å². The van der Waals surface area contributed by atoms with Gasteiger partial charge in [-0.1, -0.05) is 30.0 Å². The summed E-state index contributed by atoms with van der Waals surface area (Å²) in [6, 6.07) is 2.15. The van der Waals surface area contributed by atoms with E-state index in [0.717, 1.165) is 28.8 Å². The van der Waals surface area contributed by atoms with Gasteiger partial charge in [0.1, 0.15) is 0 Å². The van der Waals surface area contributed by atoms with Crippen molar-refractivity contribution in [2.24, 2.45) is 0 Å². The first-order chi connectivity index (χ1) is 8.22. The summed E-state index contributed by atoms with van der Waals surface area (Å²) in [4.78, 5) is 0. The molecule has 2 aromatic rings. The fourth-order valence-corrected chi connectivity index (χ4v) is 3.11. The molecule has 2 aromatic heterocycles. The van der Waals surface area contributed by atoms with Gasteiger partial charge >= 0.3 is 0 Å². The number of rotatable bonds is 5. The molecule has 2 heterocycles. The SMILES string of the molecule is CCc1cc(CSc2nnc(N)s2)n(CC)n1. The van der Waals surface area contributed by atoms with Crippen LogP contribution in [-0.2, 0) is 18.7 Å². The van der Waals surface area contributed by atoms with Crippen LogP contribution in [0.4, 0.5) is 5.13 Å². The first-order valence-corrected chi connectivity index (χ1v) is 7.30. The highest BCUT2D eigenvalue weighted by atomic mass is 32.2. The second-order valence-corrected chi connectivity index (χ2v) is 5.72. The van der Waals surface area contributed by atoms with Crippen LogP contribution >= 0.6 is 23.1 Å². The molecular formula is C10H15N5S2. The number of hydrogen-bond donors (Lipinski definition) is 1. The summed E-state index contributed by atoms with van der Waals surface area (Å²) in [5.74, 6) is 0.857. The van der Waals surface area contributed by atoms with Crippen LogP contribution in [0.25, 0.3) is 0 Å². The summed E-state index contributed by atoms with van der Waals surface area (Å²) in [5, 5.41) is 12.8. The van der Waals surface area contributed by atoms with Crippen molar-refractivity contribution in [2.75, 3.05) is 5.73 Å². The molecule has 0 aromatic carbocycles. The Kier molecular flexibility index (Phi) is 4.01. The molecule has 2 rings (SSSR count). The van der Waals surface area contributed by atoms with Crippen molar-refractivity contribution in [3.8, 4) is 0 Å². The fraction of sp³-hybridized carbons (Fsp3) is 0.500. The quantitative estimate of drug-likeness (QED) is 0.843. The summed E-state index contributed by atoms with van der Waals surface area (Å²) in [7, 11) is 0. The lowest BCUT2D eigenvalue weighted by molar-refractivity contribution is 0.628. The van der Waals surface area contributed by atoms with Gasteiger partial charge in [0.25, 0.3) is 0 Å². The van der Waals surface area contributed by atoms with Crippen LogP contribution in [0.5, 0.6) is 0 Å². The van der Waals surface area contributed by atoms with E-state index in [1.807, 2.05) is 4.68 Å². The molecule has 0 fully saturated rings. The lowest BCUT2D eigenvalue weighted by atomic mass is 10.3. The predicted octanol–water partition coefficient (Wildman–Crippen LogP) is 2.19. The number of nitrogens with zero attached hydrogens (tertiary/aromatic N) is 4. The number of hydrogen-bond acceptors (Lipinski definition) is 6. The molecule has 7 heteroatoms. The molecule has 0 spiro atoms. The van der Waals surface area contributed by atoms with E-state index < -0.39 is 0 Å². The van der Waals surface area contributed by atoms with Gasteiger partial charge < -0.3 is 5.73 Å². The van der Waals surface area contributed by atoms with E-state index in [2.05, 4.69) is 35.2 Å². The Hall–Kier alpha value is -1.08. The van der Waals surface area contributed by atoms with E-state index in [4.69, 9.17) is 5.73 Å². The zero-order valence-corrected chi connectivity index (χ0v) is 11.5. The van der Waals surface area contributed by atoms with E-state index in [0.29, 0.717) is 5.13 Å². The first-order valence-electron chi connectivity index (χ1n) is 5.50. The van der Waals surface area contributed by atoms with Crippen molar-refractivity contribution >= 4 is 28.2 Å². The lowest BCUT2D eigenvalue weighted by Gasteiger charge is -2.01. The summed E-state index contributed by atoms with van der Waals surface area (Å²) in [6.45, 7) is 5.11. The Morgan fingerprint density at radius 3 is 2.82 bits per heavy atom. The maximum absolute atomic E-state index is 5.54. The Morgan fingerprint density at radius 2 is 2.24 bits per heavy atom. The average molecular weight is 269 g/mol. The third kappa shape index (κ3) is 2.98. The zero-order valence-electron chi connectivity index (χ0n) is 9.88. The zero-order chi connectivity index (χ0) is 12.3. The molecule has 0 aliphatic carbocycles. The number of aryl methyl sites for hydroxylation is 2. The molecule has 0 saturated carbocycles. The molecule has 0 amide bonds. The highest BCUT2D eigenvalue weighted by Crippen LogP contribution is 2.27. The van der Waals surface area contributed by atoms with Gasteiger partial charge in [0.2, 0.25) is 5.13 Å². The minimum Gasteiger partial charge on any atom is -0.374 e. The number of nitrogen functional groups attached to an aromatic ring is 1. The van der Waals surface area contributed by atoms with Gasteiger partial charge in [0.15, 0.2) is 4.34 Å². The summed E-state index contributed by atoms with van der Waals surface area (Å²) >= 11 is 3.07. The van der Waals surface area contributed by atoms with Crippen molar-refractivity contribution in [1.82, 2.24) is 20.0 Å². The van der Waals surface area contributed by atoms with Gasteiger partial charge in [0.05, 0.1) is 5.69 Å². The van der Waals surface area contributed by atoms with Crippen LogP contribution in [0.1, 0.15) is 25.2 Å². The molecule has 0 unspecified atom stereocenters. The number of anilines is 1. The molecule has 0 aliphatic rings. The van der Waals surface area contributed by atoms with Crippen molar-refractivity contribution in [3.63, 3.8) is 0 Å². The molecule has 0 aliphatic heterocycles. The average Bonchev–Trinajstić information content (AvgIpc) is 2.92. The highest BCUT2D eigenvalue weighted by Gasteiger charge is 2.08. The third-order valence-electron chi connectivity index (χ3n) is 2.34. The fourth-order valence-electron chi connectivity index (χ4n) is 1.49. The van der Waals surface area contributed by atoms with Crippen LogP contribution in [0.3, 0.4) is 0 Å². The lowest BCUT2D eigenvalue weighted by Crippen LogP contribution is -2.01. The van der Waals surface area contributed by atoms with Crippen LogP contribution in [0.2, 0.25) is 0 Å². The molecule has 92 valence electrons. The van der Waals surface area contributed by atoms with Crippen LogP contribution in [0.15, 0.2) is 10.4 Å². The van der Waals surface area contributed by atoms with Gasteiger partial charge in [-0.25, -0.2) is 0 Å². The van der Waals surface area contributed by atoms with E-state index in [1.165, 1.54) is 17.0 Å². The van der Waals surface area contributed by atoms with E-state index in [1.54, 1.807) is 11.8 Å². The number of aromatic nitrogens is 4. The van der Waals surface area contributed by atoms with Crippen LogP contribution in [0, 0.1) is 0 Å². The molecule has 5 nitrogen and oxygen atoms in total. The smallest absolute Gasteiger partial charge is 0.203 e. The normalized spacial score (nSPS) is 10.9. The molecule has 0 atom stereocenters. The molecule has 0 radical (unpaired) electrons. The van der Waals surface area contributed by atoms with E-state index >= 15 is 0 Å². The number of nitrogens with two attached hydrogens (primary N) is 1. The van der Waals surface area contributed by atoms with Crippen LogP contribution in [-0.4, -0.2) is 20.0 Å². The Morgan fingerprint density at radius 1 is 1.41 bits per heavy atom. The second kappa shape index (κ2) is 5.50.